The fourth-order valence-corrected chi connectivity index (χ4v) is 2.27. The van der Waals surface area contributed by atoms with Gasteiger partial charge in [-0.2, -0.15) is 0 Å². The van der Waals surface area contributed by atoms with Crippen LogP contribution in [0.1, 0.15) is 52.9 Å². The summed E-state index contributed by atoms with van der Waals surface area (Å²) < 4.78 is 0. The standard InChI is InChI=1S/C14H20N2O4/c1-7(2)16(6-11(18)19)14(20)13-8(3)12(10(5)17)9(4)15-13/h7,15H,6H2,1-5H3,(H,18,19). The molecule has 1 heterocycles. The molecule has 0 radical (unpaired) electrons. The smallest absolute Gasteiger partial charge is 0.323 e. The average Bonchev–Trinajstić information content (AvgIpc) is 2.60. The van der Waals surface area contributed by atoms with Crippen molar-refractivity contribution in [2.45, 2.75) is 40.7 Å². The average molecular weight is 280 g/mol. The Hall–Kier alpha value is -2.11. The van der Waals surface area contributed by atoms with Crippen molar-refractivity contribution < 1.29 is 19.5 Å². The molecule has 0 bridgehead atoms. The second kappa shape index (κ2) is 5.90. The van der Waals surface area contributed by atoms with E-state index in [0.29, 0.717) is 16.8 Å². The normalized spacial score (nSPS) is 10.7. The van der Waals surface area contributed by atoms with Gasteiger partial charge in [0.15, 0.2) is 5.78 Å². The fourth-order valence-electron chi connectivity index (χ4n) is 2.27. The summed E-state index contributed by atoms with van der Waals surface area (Å²) in [6.07, 6.45) is 0. The number of aryl methyl sites for hydroxylation is 1. The number of nitrogens with one attached hydrogen (secondary N) is 1. The van der Waals surface area contributed by atoms with E-state index in [1.807, 2.05) is 0 Å². The quantitative estimate of drug-likeness (QED) is 0.804. The summed E-state index contributed by atoms with van der Waals surface area (Å²) >= 11 is 0. The molecule has 0 aliphatic rings. The molecular formula is C14H20N2O4. The molecule has 0 aliphatic carbocycles. The van der Waals surface area contributed by atoms with E-state index in [4.69, 9.17) is 5.11 Å². The summed E-state index contributed by atoms with van der Waals surface area (Å²) in [5, 5.41) is 8.89. The number of ketones is 1. The zero-order valence-corrected chi connectivity index (χ0v) is 12.4. The van der Waals surface area contributed by atoms with Crippen molar-refractivity contribution in [2.75, 3.05) is 6.54 Å². The number of carbonyl (C=O) groups excluding carboxylic acids is 2. The predicted molar refractivity (Wildman–Crippen MR) is 74.1 cm³/mol. The molecule has 1 rings (SSSR count). The number of H-pyrrole nitrogens is 1. The molecule has 110 valence electrons. The van der Waals surface area contributed by atoms with E-state index in [0.717, 1.165) is 0 Å². The van der Waals surface area contributed by atoms with Gasteiger partial charge in [0, 0.05) is 17.3 Å². The summed E-state index contributed by atoms with van der Waals surface area (Å²) in [5.41, 5.74) is 1.96. The number of hydrogen-bond donors (Lipinski definition) is 2. The minimum atomic E-state index is -1.07. The lowest BCUT2D eigenvalue weighted by molar-refractivity contribution is -0.138. The maximum atomic E-state index is 12.5. The van der Waals surface area contributed by atoms with Crippen molar-refractivity contribution in [3.63, 3.8) is 0 Å². The van der Waals surface area contributed by atoms with Crippen LogP contribution in [0.25, 0.3) is 0 Å². The van der Waals surface area contributed by atoms with Gasteiger partial charge in [-0.3, -0.25) is 14.4 Å². The third-order valence-electron chi connectivity index (χ3n) is 3.19. The minimum absolute atomic E-state index is 0.121. The van der Waals surface area contributed by atoms with Gasteiger partial charge in [-0.05, 0) is 40.2 Å². The lowest BCUT2D eigenvalue weighted by Gasteiger charge is -2.24. The molecule has 0 unspecified atom stereocenters. The molecule has 2 N–H and O–H groups in total. The molecule has 0 spiro atoms. The van der Waals surface area contributed by atoms with E-state index in [9.17, 15) is 14.4 Å². The van der Waals surface area contributed by atoms with Crippen LogP contribution in [0, 0.1) is 13.8 Å². The number of rotatable bonds is 5. The maximum Gasteiger partial charge on any atom is 0.323 e. The Bertz CT molecular complexity index is 558. The molecule has 0 atom stereocenters. The van der Waals surface area contributed by atoms with Crippen molar-refractivity contribution in [1.29, 1.82) is 0 Å². The third kappa shape index (κ3) is 3.07. The van der Waals surface area contributed by atoms with Gasteiger partial charge in [0.1, 0.15) is 12.2 Å². The van der Waals surface area contributed by atoms with Crippen LogP contribution in [0.2, 0.25) is 0 Å². The van der Waals surface area contributed by atoms with Crippen molar-refractivity contribution in [3.05, 3.63) is 22.5 Å². The number of Topliss-reactive ketones (excluding diaryl/α,β-unsaturated/α-hetero) is 1. The van der Waals surface area contributed by atoms with Gasteiger partial charge < -0.3 is 15.0 Å². The zero-order valence-electron chi connectivity index (χ0n) is 12.4. The van der Waals surface area contributed by atoms with E-state index in [2.05, 4.69) is 4.98 Å². The first-order chi connectivity index (χ1) is 9.16. The van der Waals surface area contributed by atoms with E-state index < -0.39 is 11.9 Å². The summed E-state index contributed by atoms with van der Waals surface area (Å²) in [5.74, 6) is -1.60. The highest BCUT2D eigenvalue weighted by molar-refractivity contribution is 6.03. The molecule has 6 nitrogen and oxygen atoms in total. The molecule has 6 heteroatoms. The van der Waals surface area contributed by atoms with E-state index in [1.165, 1.54) is 11.8 Å². The molecule has 1 amide bonds. The van der Waals surface area contributed by atoms with Gasteiger partial charge >= 0.3 is 5.97 Å². The van der Waals surface area contributed by atoms with Gasteiger partial charge in [0.05, 0.1) is 0 Å². The predicted octanol–water partition coefficient (Wildman–Crippen LogP) is 1.77. The van der Waals surface area contributed by atoms with Gasteiger partial charge in [-0.25, -0.2) is 0 Å². The lowest BCUT2D eigenvalue weighted by atomic mass is 10.1. The van der Waals surface area contributed by atoms with Crippen molar-refractivity contribution in [3.8, 4) is 0 Å². The molecule has 0 saturated heterocycles. The Morgan fingerprint density at radius 3 is 2.15 bits per heavy atom. The number of carboxylic acid groups (broad SMARTS) is 1. The van der Waals surface area contributed by atoms with Gasteiger partial charge in [0.25, 0.3) is 5.91 Å². The summed E-state index contributed by atoms with van der Waals surface area (Å²) in [4.78, 5) is 39.0. The number of aromatic nitrogens is 1. The van der Waals surface area contributed by atoms with E-state index in [1.54, 1.807) is 27.7 Å². The first kappa shape index (κ1) is 15.9. The number of aromatic amines is 1. The highest BCUT2D eigenvalue weighted by Crippen LogP contribution is 2.20. The van der Waals surface area contributed by atoms with Crippen molar-refractivity contribution in [1.82, 2.24) is 9.88 Å². The van der Waals surface area contributed by atoms with Crippen molar-refractivity contribution >= 4 is 17.7 Å². The molecule has 0 aromatic carbocycles. The number of carbonyl (C=O) groups is 3. The summed E-state index contributed by atoms with van der Waals surface area (Å²) in [7, 11) is 0. The summed E-state index contributed by atoms with van der Waals surface area (Å²) in [6, 6.07) is -0.248. The second-order valence-corrected chi connectivity index (χ2v) is 5.10. The van der Waals surface area contributed by atoms with Crippen molar-refractivity contribution in [2.24, 2.45) is 0 Å². The van der Waals surface area contributed by atoms with Crippen LogP contribution >= 0.6 is 0 Å². The first-order valence-electron chi connectivity index (χ1n) is 6.39. The highest BCUT2D eigenvalue weighted by Gasteiger charge is 2.26. The molecule has 0 saturated carbocycles. The van der Waals surface area contributed by atoms with Crippen LogP contribution in [-0.2, 0) is 4.79 Å². The molecule has 20 heavy (non-hydrogen) atoms. The van der Waals surface area contributed by atoms with E-state index in [-0.39, 0.29) is 24.1 Å². The number of nitrogens with zero attached hydrogens (tertiary/aromatic N) is 1. The molecule has 0 aliphatic heterocycles. The number of aliphatic carboxylic acids is 1. The Labute approximate surface area is 117 Å². The maximum absolute atomic E-state index is 12.5. The lowest BCUT2D eigenvalue weighted by Crippen LogP contribution is -2.41. The van der Waals surface area contributed by atoms with Crippen LogP contribution < -0.4 is 0 Å². The number of carboxylic acids is 1. The minimum Gasteiger partial charge on any atom is -0.480 e. The Morgan fingerprint density at radius 1 is 1.25 bits per heavy atom. The highest BCUT2D eigenvalue weighted by atomic mass is 16.4. The fraction of sp³-hybridized carbons (Fsp3) is 0.500. The first-order valence-corrected chi connectivity index (χ1v) is 6.39. The number of hydrogen-bond acceptors (Lipinski definition) is 3. The van der Waals surface area contributed by atoms with Gasteiger partial charge in [-0.1, -0.05) is 0 Å². The Kier molecular flexibility index (Phi) is 4.70. The third-order valence-corrected chi connectivity index (χ3v) is 3.19. The van der Waals surface area contributed by atoms with Crippen LogP contribution in [0.4, 0.5) is 0 Å². The topological polar surface area (TPSA) is 90.5 Å². The Morgan fingerprint density at radius 2 is 1.80 bits per heavy atom. The largest absolute Gasteiger partial charge is 0.480 e. The second-order valence-electron chi connectivity index (χ2n) is 5.10. The van der Waals surface area contributed by atoms with Crippen LogP contribution in [0.15, 0.2) is 0 Å². The SMILES string of the molecule is CC(=O)c1c(C)[nH]c(C(=O)N(CC(=O)O)C(C)C)c1C. The molecule has 1 aromatic heterocycles. The van der Waals surface area contributed by atoms with Gasteiger partial charge in [0.2, 0.25) is 0 Å². The molecule has 1 aromatic rings. The van der Waals surface area contributed by atoms with Crippen LogP contribution in [0.3, 0.4) is 0 Å². The molecular weight excluding hydrogens is 260 g/mol. The van der Waals surface area contributed by atoms with Gasteiger partial charge in [-0.15, -0.1) is 0 Å². The molecule has 0 fully saturated rings. The monoisotopic (exact) mass is 280 g/mol. The van der Waals surface area contributed by atoms with E-state index >= 15 is 0 Å². The summed E-state index contributed by atoms with van der Waals surface area (Å²) in [6.45, 7) is 7.97. The zero-order chi connectivity index (χ0) is 15.6. The number of amides is 1. The van der Waals surface area contributed by atoms with Crippen LogP contribution in [0.5, 0.6) is 0 Å². The van der Waals surface area contributed by atoms with Crippen LogP contribution in [-0.4, -0.2) is 45.2 Å². The Balaban J connectivity index is 3.23.